The Morgan fingerprint density at radius 1 is 1.28 bits per heavy atom. The van der Waals surface area contributed by atoms with E-state index >= 15 is 0 Å². The van der Waals surface area contributed by atoms with Gasteiger partial charge in [0, 0.05) is 18.5 Å². The van der Waals surface area contributed by atoms with Gasteiger partial charge in [-0.05, 0) is 31.0 Å². The molecule has 0 aliphatic heterocycles. The zero-order valence-electron chi connectivity index (χ0n) is 14.1. The first kappa shape index (κ1) is 18.9. The van der Waals surface area contributed by atoms with Crippen LogP contribution in [-0.2, 0) is 5.75 Å². The molecule has 132 valence electrons. The van der Waals surface area contributed by atoms with Crippen molar-refractivity contribution in [3.8, 4) is 0 Å². The predicted octanol–water partition coefficient (Wildman–Crippen LogP) is 4.31. The van der Waals surface area contributed by atoms with Crippen LogP contribution in [0.15, 0.2) is 58.6 Å². The number of unbranched alkanes of at least 4 members (excludes halogenated alkanes) is 1. The second kappa shape index (κ2) is 9.13. The normalized spacial score (nSPS) is 10.4. The summed E-state index contributed by atoms with van der Waals surface area (Å²) in [5.74, 6) is -0.334. The molecule has 0 aliphatic carbocycles. The van der Waals surface area contributed by atoms with Gasteiger partial charge in [-0.15, -0.1) is 18.3 Å². The first-order valence-corrected chi connectivity index (χ1v) is 8.91. The Hall–Kier alpha value is -2.47. The third-order valence-electron chi connectivity index (χ3n) is 3.70. The number of thioether (sulfide) groups is 1. The Morgan fingerprint density at radius 3 is 2.76 bits per heavy atom. The summed E-state index contributed by atoms with van der Waals surface area (Å²) in [6, 6.07) is 8.76. The highest BCUT2D eigenvalue weighted by atomic mass is 32.2. The van der Waals surface area contributed by atoms with E-state index in [4.69, 9.17) is 9.52 Å². The van der Waals surface area contributed by atoms with Crippen molar-refractivity contribution in [2.75, 3.05) is 13.6 Å². The van der Waals surface area contributed by atoms with Gasteiger partial charge in [-0.3, -0.25) is 4.79 Å². The van der Waals surface area contributed by atoms with Crippen molar-refractivity contribution in [1.29, 1.82) is 0 Å². The quantitative estimate of drug-likeness (QED) is 0.410. The number of aromatic carboxylic acids is 1. The molecule has 1 N–H and O–H groups in total. The number of hydrogen-bond acceptors (Lipinski definition) is 4. The highest BCUT2D eigenvalue weighted by Gasteiger charge is 2.18. The molecule has 0 atom stereocenters. The average Bonchev–Trinajstić information content (AvgIpc) is 3.08. The first-order valence-electron chi connectivity index (χ1n) is 7.92. The second-order valence-electron chi connectivity index (χ2n) is 5.51. The van der Waals surface area contributed by atoms with Gasteiger partial charge in [-0.25, -0.2) is 4.79 Å². The number of nitrogens with zero attached hydrogens (tertiary/aromatic N) is 1. The minimum absolute atomic E-state index is 0.0509. The van der Waals surface area contributed by atoms with Crippen LogP contribution in [0, 0.1) is 0 Å². The summed E-state index contributed by atoms with van der Waals surface area (Å²) in [6.45, 7) is 4.34. The van der Waals surface area contributed by atoms with Crippen molar-refractivity contribution in [3.05, 3.63) is 66.1 Å². The maximum absolute atomic E-state index is 12.7. The van der Waals surface area contributed by atoms with Gasteiger partial charge >= 0.3 is 5.97 Å². The van der Waals surface area contributed by atoms with Crippen molar-refractivity contribution >= 4 is 23.6 Å². The Bertz CT molecular complexity index is 753. The van der Waals surface area contributed by atoms with Gasteiger partial charge < -0.3 is 14.4 Å². The summed E-state index contributed by atoms with van der Waals surface area (Å²) in [4.78, 5) is 26.3. The summed E-state index contributed by atoms with van der Waals surface area (Å²) in [5, 5.41) is 9.13. The van der Waals surface area contributed by atoms with Crippen molar-refractivity contribution < 1.29 is 19.1 Å². The number of carboxylic acid groups (broad SMARTS) is 1. The van der Waals surface area contributed by atoms with Gasteiger partial charge in [0.2, 0.25) is 0 Å². The monoisotopic (exact) mass is 359 g/mol. The third kappa shape index (κ3) is 5.00. The van der Waals surface area contributed by atoms with Crippen LogP contribution in [0.1, 0.15) is 39.3 Å². The SMILES string of the molecule is C=CCCCN(C)C(=O)c1ccccc1SCc1occc1C(=O)O. The predicted molar refractivity (Wildman–Crippen MR) is 98.1 cm³/mol. The van der Waals surface area contributed by atoms with Crippen molar-refractivity contribution in [3.63, 3.8) is 0 Å². The van der Waals surface area contributed by atoms with Crippen LogP contribution in [0.25, 0.3) is 0 Å². The zero-order valence-corrected chi connectivity index (χ0v) is 14.9. The molecule has 1 aromatic carbocycles. The molecule has 0 spiro atoms. The standard InChI is InChI=1S/C19H21NO4S/c1-3-4-7-11-20(2)18(21)15-8-5-6-9-17(15)25-13-16-14(19(22)23)10-12-24-16/h3,5-6,8-10,12H,1,4,7,11,13H2,2H3,(H,22,23). The molecule has 0 fully saturated rings. The molecule has 2 aromatic rings. The van der Waals surface area contributed by atoms with Gasteiger partial charge in [-0.1, -0.05) is 18.2 Å². The number of allylic oxidation sites excluding steroid dienone is 1. The maximum Gasteiger partial charge on any atom is 0.339 e. The van der Waals surface area contributed by atoms with Crippen LogP contribution in [0.5, 0.6) is 0 Å². The highest BCUT2D eigenvalue weighted by molar-refractivity contribution is 7.98. The molecule has 6 heteroatoms. The minimum Gasteiger partial charge on any atom is -0.478 e. The molecule has 0 aliphatic rings. The number of amides is 1. The van der Waals surface area contributed by atoms with Crippen LogP contribution in [0.3, 0.4) is 0 Å². The molecule has 0 radical (unpaired) electrons. The van der Waals surface area contributed by atoms with Crippen molar-refractivity contribution in [2.24, 2.45) is 0 Å². The number of rotatable bonds is 9. The number of benzene rings is 1. The number of carbonyl (C=O) groups excluding carboxylic acids is 1. The van der Waals surface area contributed by atoms with Crippen LogP contribution >= 0.6 is 11.8 Å². The largest absolute Gasteiger partial charge is 0.478 e. The van der Waals surface area contributed by atoms with E-state index in [-0.39, 0.29) is 11.5 Å². The molecule has 5 nitrogen and oxygen atoms in total. The molecule has 0 saturated heterocycles. The van der Waals surface area contributed by atoms with E-state index in [1.807, 2.05) is 24.3 Å². The highest BCUT2D eigenvalue weighted by Crippen LogP contribution is 2.28. The molecule has 1 aromatic heterocycles. The average molecular weight is 359 g/mol. The van der Waals surface area contributed by atoms with Crippen molar-refractivity contribution in [2.45, 2.75) is 23.5 Å². The fourth-order valence-electron chi connectivity index (χ4n) is 2.34. The molecular formula is C19H21NO4S. The third-order valence-corrected chi connectivity index (χ3v) is 4.77. The van der Waals surface area contributed by atoms with Crippen molar-refractivity contribution in [1.82, 2.24) is 4.90 Å². The van der Waals surface area contributed by atoms with E-state index in [2.05, 4.69) is 6.58 Å². The smallest absolute Gasteiger partial charge is 0.339 e. The van der Waals surface area contributed by atoms with Crippen LogP contribution in [-0.4, -0.2) is 35.5 Å². The van der Waals surface area contributed by atoms with Gasteiger partial charge in [0.05, 0.1) is 17.6 Å². The lowest BCUT2D eigenvalue weighted by molar-refractivity contribution is 0.0694. The minimum atomic E-state index is -1.02. The fourth-order valence-corrected chi connectivity index (χ4v) is 3.33. The number of furan rings is 1. The van der Waals surface area contributed by atoms with E-state index in [9.17, 15) is 9.59 Å². The zero-order chi connectivity index (χ0) is 18.2. The summed E-state index contributed by atoms with van der Waals surface area (Å²) in [6.07, 6.45) is 4.94. The van der Waals surface area contributed by atoms with Gasteiger partial charge in [-0.2, -0.15) is 0 Å². The molecule has 1 amide bonds. The van der Waals surface area contributed by atoms with E-state index < -0.39 is 5.97 Å². The molecule has 25 heavy (non-hydrogen) atoms. The lowest BCUT2D eigenvalue weighted by atomic mass is 10.2. The Balaban J connectivity index is 2.09. The summed E-state index contributed by atoms with van der Waals surface area (Å²) >= 11 is 1.39. The number of carboxylic acids is 1. The van der Waals surface area contributed by atoms with E-state index in [1.54, 1.807) is 18.0 Å². The molecule has 0 saturated carbocycles. The number of hydrogen-bond donors (Lipinski definition) is 1. The van der Waals surface area contributed by atoms with Gasteiger partial charge in [0.15, 0.2) is 0 Å². The Kier molecular flexibility index (Phi) is 6.89. The summed E-state index contributed by atoms with van der Waals surface area (Å²) in [5.41, 5.74) is 0.759. The Labute approximate surface area is 151 Å². The van der Waals surface area contributed by atoms with Gasteiger partial charge in [0.25, 0.3) is 5.91 Å². The lowest BCUT2D eigenvalue weighted by Gasteiger charge is -2.18. The molecular weight excluding hydrogens is 338 g/mol. The molecule has 0 bridgehead atoms. The first-order chi connectivity index (χ1) is 12.0. The molecule has 2 rings (SSSR count). The second-order valence-corrected chi connectivity index (χ2v) is 6.52. The van der Waals surface area contributed by atoms with Crippen LogP contribution in [0.2, 0.25) is 0 Å². The molecule has 1 heterocycles. The summed E-state index contributed by atoms with van der Waals surface area (Å²) < 4.78 is 5.25. The van der Waals surface area contributed by atoms with E-state index in [1.165, 1.54) is 24.1 Å². The van der Waals surface area contributed by atoms with E-state index in [0.29, 0.717) is 23.6 Å². The van der Waals surface area contributed by atoms with Gasteiger partial charge in [0.1, 0.15) is 11.3 Å². The maximum atomic E-state index is 12.7. The summed E-state index contributed by atoms with van der Waals surface area (Å²) in [7, 11) is 1.78. The Morgan fingerprint density at radius 2 is 2.04 bits per heavy atom. The lowest BCUT2D eigenvalue weighted by Crippen LogP contribution is -2.28. The van der Waals surface area contributed by atoms with E-state index in [0.717, 1.165) is 17.7 Å². The van der Waals surface area contributed by atoms with Crippen LogP contribution < -0.4 is 0 Å². The molecule has 0 unspecified atom stereocenters. The number of carbonyl (C=O) groups is 2. The van der Waals surface area contributed by atoms with Crippen LogP contribution in [0.4, 0.5) is 0 Å². The topological polar surface area (TPSA) is 70.8 Å². The fraction of sp³-hybridized carbons (Fsp3) is 0.263.